The molecule has 1 heterocycles. The van der Waals surface area contributed by atoms with E-state index >= 15 is 0 Å². The molecule has 0 spiro atoms. The second-order valence-electron chi connectivity index (χ2n) is 12.1. The zero-order valence-corrected chi connectivity index (χ0v) is 28.1. The van der Waals surface area contributed by atoms with Crippen LogP contribution in [0.3, 0.4) is 0 Å². The van der Waals surface area contributed by atoms with Gasteiger partial charge in [0.15, 0.2) is 0 Å². The van der Waals surface area contributed by atoms with Crippen LogP contribution in [0.1, 0.15) is 33.3 Å². The van der Waals surface area contributed by atoms with Gasteiger partial charge in [0.05, 0.1) is 0 Å². The van der Waals surface area contributed by atoms with E-state index in [0.29, 0.717) is 0 Å². The third-order valence-electron chi connectivity index (χ3n) is 9.24. The quantitative estimate of drug-likeness (QED) is 0.0991. The molecule has 0 saturated heterocycles. The first-order chi connectivity index (χ1) is 22.9. The molecule has 47 heavy (non-hydrogen) atoms. The number of hydrogen-bond donors (Lipinski definition) is 0. The highest BCUT2D eigenvalue weighted by atomic mass is 32.1. The zero-order chi connectivity index (χ0) is 32.7. The number of allylic oxidation sites excluding steroid dienone is 8. The molecule has 0 aliphatic rings. The maximum atomic E-state index is 6.94. The van der Waals surface area contributed by atoms with E-state index in [1.165, 1.54) is 48.0 Å². The molecule has 1 aromatic heterocycles. The van der Waals surface area contributed by atoms with Crippen LogP contribution < -0.4 is 10.9 Å². The van der Waals surface area contributed by atoms with Gasteiger partial charge in [0, 0.05) is 20.2 Å². The lowest BCUT2D eigenvalue weighted by Gasteiger charge is -2.21. The van der Waals surface area contributed by atoms with Crippen molar-refractivity contribution in [3.63, 3.8) is 0 Å². The van der Waals surface area contributed by atoms with Crippen molar-refractivity contribution >= 4 is 85.2 Å². The Morgan fingerprint density at radius 3 is 1.96 bits per heavy atom. The van der Waals surface area contributed by atoms with Gasteiger partial charge in [0.1, 0.15) is 15.7 Å². The van der Waals surface area contributed by atoms with Crippen molar-refractivity contribution in [3.8, 4) is 22.3 Å². The van der Waals surface area contributed by atoms with Gasteiger partial charge in [-0.3, -0.25) is 0 Å². The van der Waals surface area contributed by atoms with Gasteiger partial charge in [-0.1, -0.05) is 138 Å². The second kappa shape index (κ2) is 12.7. The fourth-order valence-corrected chi connectivity index (χ4v) is 8.13. The monoisotopic (exact) mass is 616 g/mol. The van der Waals surface area contributed by atoms with Crippen molar-refractivity contribution < 1.29 is 0 Å². The standard InChI is InChI=1S/C44H34B2S/c1-5-7-15-27(3)28(4)26-29(6-2)31-20-13-22-35-40-34(21-14-23-38(40)47-44(31)35)41-33-19-12-11-18-32(33)39(30-16-9-8-10-17-30)42-36(45)24-25-37(46)43(41)42/h5-26H,1-4H3/b7-5-,27-15+,28-26+,29-6+. The molecule has 4 radical (unpaired) electrons. The van der Waals surface area contributed by atoms with Crippen LogP contribution in [0.4, 0.5) is 0 Å². The van der Waals surface area contributed by atoms with E-state index in [0.717, 1.165) is 49.2 Å². The number of rotatable bonds is 6. The number of hydrogen-bond acceptors (Lipinski definition) is 1. The summed E-state index contributed by atoms with van der Waals surface area (Å²) in [5.41, 5.74) is 11.0. The van der Waals surface area contributed by atoms with Crippen LogP contribution >= 0.6 is 11.3 Å². The number of fused-ring (bicyclic) bond motifs is 5. The van der Waals surface area contributed by atoms with Crippen molar-refractivity contribution in [3.05, 3.63) is 150 Å². The molecular formula is C44H34B2S. The van der Waals surface area contributed by atoms with E-state index in [1.807, 2.05) is 30.4 Å². The van der Waals surface area contributed by atoms with E-state index in [4.69, 9.17) is 15.7 Å². The van der Waals surface area contributed by atoms with E-state index in [9.17, 15) is 0 Å². The molecule has 0 saturated carbocycles. The van der Waals surface area contributed by atoms with Gasteiger partial charge in [-0.15, -0.1) is 11.3 Å². The number of thiophene rings is 1. The van der Waals surface area contributed by atoms with Gasteiger partial charge in [-0.05, 0) is 99.8 Å². The van der Waals surface area contributed by atoms with Crippen molar-refractivity contribution in [1.82, 2.24) is 0 Å². The molecule has 0 amide bonds. The molecule has 0 fully saturated rings. The van der Waals surface area contributed by atoms with Crippen molar-refractivity contribution in [2.45, 2.75) is 27.7 Å². The Hall–Kier alpha value is -4.85. The summed E-state index contributed by atoms with van der Waals surface area (Å²) in [7, 11) is 13.8. The minimum atomic E-state index is 0.725. The summed E-state index contributed by atoms with van der Waals surface area (Å²) in [6.45, 7) is 8.53. The summed E-state index contributed by atoms with van der Waals surface area (Å²) in [6.07, 6.45) is 10.9. The molecule has 7 rings (SSSR count). The Morgan fingerprint density at radius 2 is 1.26 bits per heavy atom. The second-order valence-corrected chi connectivity index (χ2v) is 13.1. The Bertz CT molecular complexity index is 2450. The molecule has 0 atom stereocenters. The summed E-state index contributed by atoms with van der Waals surface area (Å²) in [5, 5.41) is 6.82. The van der Waals surface area contributed by atoms with Crippen LogP contribution in [0.15, 0.2) is 145 Å². The lowest BCUT2D eigenvalue weighted by molar-refractivity contribution is 1.34. The van der Waals surface area contributed by atoms with Gasteiger partial charge in [-0.2, -0.15) is 0 Å². The third kappa shape index (κ3) is 5.29. The van der Waals surface area contributed by atoms with Crippen molar-refractivity contribution in [2.24, 2.45) is 0 Å². The first kappa shape index (κ1) is 30.8. The van der Waals surface area contributed by atoms with E-state index < -0.39 is 0 Å². The molecule has 0 N–H and O–H groups in total. The average Bonchev–Trinajstić information content (AvgIpc) is 3.50. The lowest BCUT2D eigenvalue weighted by atomic mass is 9.75. The van der Waals surface area contributed by atoms with Gasteiger partial charge in [0.2, 0.25) is 0 Å². The Labute approximate surface area is 284 Å². The number of benzene rings is 6. The summed E-state index contributed by atoms with van der Waals surface area (Å²) >= 11 is 1.86. The predicted molar refractivity (Wildman–Crippen MR) is 212 cm³/mol. The van der Waals surface area contributed by atoms with Crippen LogP contribution in [-0.2, 0) is 0 Å². The summed E-state index contributed by atoms with van der Waals surface area (Å²) in [6, 6.07) is 36.5. The first-order valence-corrected chi connectivity index (χ1v) is 16.9. The van der Waals surface area contributed by atoms with E-state index in [-0.39, 0.29) is 0 Å². The third-order valence-corrected chi connectivity index (χ3v) is 10.4. The molecular weight excluding hydrogens is 582 g/mol. The Kier molecular flexibility index (Phi) is 8.35. The average molecular weight is 616 g/mol. The smallest absolute Gasteiger partial charge is 0.114 e. The topological polar surface area (TPSA) is 0 Å². The SMILES string of the molecule is [B]c1ccc([B])c2c(-c3cccc4sc5c(C(/C=C(C)/C(C)=C/C=C\C)=C/C)cccc5c34)c3ccccc3c(-c3ccccc3)c12. The minimum absolute atomic E-state index is 0.725. The molecule has 3 heteroatoms. The Balaban J connectivity index is 1.57. The zero-order valence-electron chi connectivity index (χ0n) is 27.3. The van der Waals surface area contributed by atoms with Crippen molar-refractivity contribution in [2.75, 3.05) is 0 Å². The molecule has 7 aromatic rings. The van der Waals surface area contributed by atoms with Gasteiger partial charge in [0.25, 0.3) is 0 Å². The summed E-state index contributed by atoms with van der Waals surface area (Å²) in [5.74, 6) is 0. The van der Waals surface area contributed by atoms with E-state index in [1.54, 1.807) is 0 Å². The van der Waals surface area contributed by atoms with Crippen LogP contribution in [-0.4, -0.2) is 15.7 Å². The van der Waals surface area contributed by atoms with Gasteiger partial charge < -0.3 is 0 Å². The predicted octanol–water partition coefficient (Wildman–Crippen LogP) is 11.2. The maximum Gasteiger partial charge on any atom is 0.114 e. The van der Waals surface area contributed by atoms with Gasteiger partial charge in [-0.25, -0.2) is 0 Å². The van der Waals surface area contributed by atoms with Gasteiger partial charge >= 0.3 is 0 Å². The molecule has 0 nitrogen and oxygen atoms in total. The molecule has 222 valence electrons. The molecule has 0 aliphatic carbocycles. The van der Waals surface area contributed by atoms with Crippen LogP contribution in [0.5, 0.6) is 0 Å². The summed E-state index contributed by atoms with van der Waals surface area (Å²) in [4.78, 5) is 0. The van der Waals surface area contributed by atoms with Crippen LogP contribution in [0, 0.1) is 0 Å². The minimum Gasteiger partial charge on any atom is -0.135 e. The first-order valence-electron chi connectivity index (χ1n) is 16.1. The molecule has 6 aromatic carbocycles. The van der Waals surface area contributed by atoms with E-state index in [2.05, 4.69) is 142 Å². The molecule has 0 bridgehead atoms. The lowest BCUT2D eigenvalue weighted by Crippen LogP contribution is -2.15. The maximum absolute atomic E-state index is 6.94. The largest absolute Gasteiger partial charge is 0.135 e. The summed E-state index contributed by atoms with van der Waals surface area (Å²) < 4.78 is 2.53. The normalized spacial score (nSPS) is 13.1. The van der Waals surface area contributed by atoms with Crippen LogP contribution in [0.2, 0.25) is 0 Å². The van der Waals surface area contributed by atoms with Crippen molar-refractivity contribution in [1.29, 1.82) is 0 Å². The highest BCUT2D eigenvalue weighted by Crippen LogP contribution is 2.48. The van der Waals surface area contributed by atoms with Crippen LogP contribution in [0.25, 0.3) is 69.5 Å². The molecule has 0 aliphatic heterocycles. The highest BCUT2D eigenvalue weighted by Gasteiger charge is 2.22. The molecule has 0 unspecified atom stereocenters. The highest BCUT2D eigenvalue weighted by molar-refractivity contribution is 7.26. The Morgan fingerprint density at radius 1 is 0.617 bits per heavy atom. The fraction of sp³-hybridized carbons (Fsp3) is 0.0909. The fourth-order valence-electron chi connectivity index (χ4n) is 6.87.